The molecule has 2 heterocycles. The molecule has 0 spiro atoms. The summed E-state index contributed by atoms with van der Waals surface area (Å²) in [5.41, 5.74) is -0.0214. The van der Waals surface area contributed by atoms with Crippen molar-refractivity contribution >= 4 is 28.8 Å². The number of pyridine rings is 1. The molecule has 1 fully saturated rings. The van der Waals surface area contributed by atoms with Crippen molar-refractivity contribution in [2.24, 2.45) is 0 Å². The zero-order chi connectivity index (χ0) is 19.4. The highest BCUT2D eigenvalue weighted by molar-refractivity contribution is 7.97. The molecule has 27 heavy (non-hydrogen) atoms. The van der Waals surface area contributed by atoms with E-state index in [0.29, 0.717) is 18.8 Å². The lowest BCUT2D eigenvalue weighted by molar-refractivity contribution is 0.0260. The van der Waals surface area contributed by atoms with E-state index in [1.807, 2.05) is 39.0 Å². The quantitative estimate of drug-likeness (QED) is 0.728. The third kappa shape index (κ3) is 5.12. The van der Waals surface area contributed by atoms with E-state index in [0.717, 1.165) is 35.2 Å². The predicted octanol–water partition coefficient (Wildman–Crippen LogP) is 4.06. The van der Waals surface area contributed by atoms with E-state index < -0.39 is 5.60 Å². The first kappa shape index (κ1) is 19.5. The molecule has 1 aromatic heterocycles. The van der Waals surface area contributed by atoms with Gasteiger partial charge in [0.05, 0.1) is 0 Å². The Morgan fingerprint density at radius 2 is 2.04 bits per heavy atom. The molecule has 1 amide bonds. The van der Waals surface area contributed by atoms with Gasteiger partial charge in [0.2, 0.25) is 0 Å². The lowest BCUT2D eigenvalue weighted by Crippen LogP contribution is -2.38. The number of carbonyl (C=O) groups is 1. The molecule has 142 valence electrons. The number of benzene rings is 1. The van der Waals surface area contributed by atoms with Crippen LogP contribution in [0.3, 0.4) is 0 Å². The minimum absolute atomic E-state index is 0.239. The first-order valence-corrected chi connectivity index (χ1v) is 9.83. The van der Waals surface area contributed by atoms with Crippen LogP contribution >= 0.6 is 11.9 Å². The third-order valence-corrected chi connectivity index (χ3v) is 5.27. The molecule has 0 aliphatic carbocycles. The van der Waals surface area contributed by atoms with Crippen molar-refractivity contribution < 1.29 is 9.53 Å². The van der Waals surface area contributed by atoms with Crippen LogP contribution in [-0.4, -0.2) is 52.1 Å². The fourth-order valence-electron chi connectivity index (χ4n) is 2.95. The normalized spacial score (nSPS) is 16.0. The molecule has 0 N–H and O–H groups in total. The fraction of sp³-hybridized carbons (Fsp3) is 0.450. The second-order valence-electron chi connectivity index (χ2n) is 7.50. The molecule has 1 saturated heterocycles. The van der Waals surface area contributed by atoms with Crippen molar-refractivity contribution in [3.8, 4) is 6.07 Å². The number of amides is 1. The SMILES string of the molecule is CC(C)(C)OC(=O)N1CCCN(Sc2ccc3c(C#N)nccc3c2)CC1. The molecule has 1 aromatic carbocycles. The first-order valence-electron chi connectivity index (χ1n) is 9.05. The standard InChI is InChI=1S/C20H24N4O2S/c1-20(2,3)26-19(25)23-9-4-10-24(12-11-23)27-16-5-6-17-15(13-16)7-8-22-18(17)14-21/h5-8,13H,4,9-12H2,1-3H3. The van der Waals surface area contributed by atoms with E-state index in [-0.39, 0.29) is 6.09 Å². The van der Waals surface area contributed by atoms with Crippen molar-refractivity contribution in [2.75, 3.05) is 26.2 Å². The van der Waals surface area contributed by atoms with E-state index >= 15 is 0 Å². The molecule has 0 unspecified atom stereocenters. The number of ether oxygens (including phenoxy) is 1. The Bertz CT molecular complexity index is 872. The summed E-state index contributed by atoms with van der Waals surface area (Å²) in [4.78, 5) is 19.3. The van der Waals surface area contributed by atoms with E-state index in [9.17, 15) is 4.79 Å². The van der Waals surface area contributed by atoms with Gasteiger partial charge < -0.3 is 9.64 Å². The van der Waals surface area contributed by atoms with Crippen LogP contribution in [0.2, 0.25) is 0 Å². The molecule has 7 heteroatoms. The number of hydrogen-bond acceptors (Lipinski definition) is 6. The molecule has 0 radical (unpaired) electrons. The predicted molar refractivity (Wildman–Crippen MR) is 106 cm³/mol. The average molecular weight is 385 g/mol. The zero-order valence-corrected chi connectivity index (χ0v) is 16.8. The maximum absolute atomic E-state index is 12.3. The number of aromatic nitrogens is 1. The smallest absolute Gasteiger partial charge is 0.410 e. The molecule has 3 rings (SSSR count). The summed E-state index contributed by atoms with van der Waals surface area (Å²) in [6.45, 7) is 8.70. The minimum atomic E-state index is -0.472. The molecule has 1 aliphatic rings. The van der Waals surface area contributed by atoms with E-state index in [1.54, 1.807) is 23.0 Å². The van der Waals surface area contributed by atoms with Gasteiger partial charge in [-0.25, -0.2) is 14.1 Å². The fourth-order valence-corrected chi connectivity index (χ4v) is 3.95. The maximum Gasteiger partial charge on any atom is 0.410 e. The summed E-state index contributed by atoms with van der Waals surface area (Å²) >= 11 is 1.68. The summed E-state index contributed by atoms with van der Waals surface area (Å²) in [6, 6.07) is 10.1. The van der Waals surface area contributed by atoms with Gasteiger partial charge in [0.15, 0.2) is 0 Å². The summed E-state index contributed by atoms with van der Waals surface area (Å²) in [6.07, 6.45) is 2.33. The van der Waals surface area contributed by atoms with Gasteiger partial charge in [-0.05, 0) is 62.7 Å². The van der Waals surface area contributed by atoms with Gasteiger partial charge in [0, 0.05) is 42.7 Å². The van der Waals surface area contributed by atoms with Crippen molar-refractivity contribution in [1.29, 1.82) is 5.26 Å². The third-order valence-electron chi connectivity index (χ3n) is 4.18. The number of fused-ring (bicyclic) bond motifs is 1. The van der Waals surface area contributed by atoms with Crippen molar-refractivity contribution in [2.45, 2.75) is 37.7 Å². The number of rotatable bonds is 2. The highest BCUT2D eigenvalue weighted by Gasteiger charge is 2.24. The lowest BCUT2D eigenvalue weighted by Gasteiger charge is -2.26. The Morgan fingerprint density at radius 3 is 2.78 bits per heavy atom. The highest BCUT2D eigenvalue weighted by atomic mass is 32.2. The van der Waals surface area contributed by atoms with Crippen LogP contribution in [0.4, 0.5) is 4.79 Å². The molecule has 0 bridgehead atoms. The van der Waals surface area contributed by atoms with E-state index in [4.69, 9.17) is 10.00 Å². The Labute approximate surface area is 164 Å². The van der Waals surface area contributed by atoms with Crippen LogP contribution < -0.4 is 0 Å². The van der Waals surface area contributed by atoms with Gasteiger partial charge >= 0.3 is 6.09 Å². The Morgan fingerprint density at radius 1 is 1.22 bits per heavy atom. The first-order chi connectivity index (χ1) is 12.9. The van der Waals surface area contributed by atoms with Crippen molar-refractivity contribution in [3.05, 3.63) is 36.2 Å². The van der Waals surface area contributed by atoms with Gasteiger partial charge in [-0.2, -0.15) is 5.26 Å². The Kier molecular flexibility index (Phi) is 5.88. The second-order valence-corrected chi connectivity index (χ2v) is 8.67. The summed E-state index contributed by atoms with van der Waals surface area (Å²) in [5.74, 6) is 0. The summed E-state index contributed by atoms with van der Waals surface area (Å²) in [7, 11) is 0. The second kappa shape index (κ2) is 8.15. The molecule has 0 saturated carbocycles. The largest absolute Gasteiger partial charge is 0.444 e. The number of carbonyl (C=O) groups excluding carboxylic acids is 1. The van der Waals surface area contributed by atoms with Crippen molar-refractivity contribution in [1.82, 2.24) is 14.2 Å². The monoisotopic (exact) mass is 384 g/mol. The Balaban J connectivity index is 1.64. The molecule has 1 aliphatic heterocycles. The van der Waals surface area contributed by atoms with Gasteiger partial charge in [0.1, 0.15) is 17.4 Å². The number of nitrogens with zero attached hydrogens (tertiary/aromatic N) is 4. The Hall–Kier alpha value is -2.30. The number of hydrogen-bond donors (Lipinski definition) is 0. The molecule has 2 aromatic rings. The van der Waals surface area contributed by atoms with Crippen LogP contribution in [0, 0.1) is 11.3 Å². The van der Waals surface area contributed by atoms with Gasteiger partial charge in [0.25, 0.3) is 0 Å². The van der Waals surface area contributed by atoms with Crippen LogP contribution in [0.25, 0.3) is 10.8 Å². The minimum Gasteiger partial charge on any atom is -0.444 e. The van der Waals surface area contributed by atoms with Crippen LogP contribution in [0.15, 0.2) is 35.4 Å². The van der Waals surface area contributed by atoms with E-state index in [1.165, 1.54) is 0 Å². The highest BCUT2D eigenvalue weighted by Crippen LogP contribution is 2.28. The van der Waals surface area contributed by atoms with Gasteiger partial charge in [-0.1, -0.05) is 6.07 Å². The topological polar surface area (TPSA) is 69.5 Å². The molecular formula is C20H24N4O2S. The molecular weight excluding hydrogens is 360 g/mol. The molecule has 0 atom stereocenters. The van der Waals surface area contributed by atoms with E-state index in [2.05, 4.69) is 21.4 Å². The summed E-state index contributed by atoms with van der Waals surface area (Å²) in [5, 5.41) is 11.1. The number of nitriles is 1. The van der Waals surface area contributed by atoms with Gasteiger partial charge in [-0.3, -0.25) is 0 Å². The average Bonchev–Trinajstić information content (AvgIpc) is 2.85. The molecule has 6 nitrogen and oxygen atoms in total. The van der Waals surface area contributed by atoms with Crippen molar-refractivity contribution in [3.63, 3.8) is 0 Å². The van der Waals surface area contributed by atoms with Crippen LogP contribution in [0.5, 0.6) is 0 Å². The van der Waals surface area contributed by atoms with Crippen LogP contribution in [0.1, 0.15) is 32.9 Å². The zero-order valence-electron chi connectivity index (χ0n) is 15.9. The maximum atomic E-state index is 12.3. The summed E-state index contributed by atoms with van der Waals surface area (Å²) < 4.78 is 7.76. The van der Waals surface area contributed by atoms with Crippen LogP contribution in [-0.2, 0) is 4.74 Å². The lowest BCUT2D eigenvalue weighted by atomic mass is 10.1. The van der Waals surface area contributed by atoms with Gasteiger partial charge in [-0.15, -0.1) is 0 Å².